The molecule has 0 bridgehead atoms. The lowest BCUT2D eigenvalue weighted by atomic mass is 10.2. The molecule has 0 saturated heterocycles. The lowest BCUT2D eigenvalue weighted by molar-refractivity contribution is 0.632. The average molecular weight is 304 g/mol. The van der Waals surface area contributed by atoms with Crippen molar-refractivity contribution in [3.63, 3.8) is 0 Å². The van der Waals surface area contributed by atoms with Gasteiger partial charge in [-0.15, -0.1) is 0 Å². The van der Waals surface area contributed by atoms with Crippen molar-refractivity contribution in [2.24, 2.45) is 22.0 Å². The van der Waals surface area contributed by atoms with E-state index in [0.717, 1.165) is 38.8 Å². The Morgan fingerprint density at radius 1 is 0.688 bits per heavy atom. The monoisotopic (exact) mass is 304 g/mol. The van der Waals surface area contributed by atoms with Gasteiger partial charge in [-0.1, -0.05) is 12.8 Å². The van der Waals surface area contributed by atoms with Crippen molar-refractivity contribution in [3.8, 4) is 0 Å². The van der Waals surface area contributed by atoms with E-state index in [1.165, 1.54) is 0 Å². The van der Waals surface area contributed by atoms with Crippen molar-refractivity contribution in [1.29, 1.82) is 0 Å². The number of nitrogens with one attached hydrogen (secondary N) is 2. The fourth-order valence-electron chi connectivity index (χ4n) is 1.11. The van der Waals surface area contributed by atoms with Crippen LogP contribution in [0.4, 0.5) is 0 Å². The molecule has 6 nitrogen and oxygen atoms in total. The molecule has 0 saturated carbocycles. The van der Waals surface area contributed by atoms with E-state index in [2.05, 4.69) is 10.2 Å². The molecular weight excluding hydrogens is 282 g/mol. The van der Waals surface area contributed by atoms with E-state index in [4.69, 9.17) is 45.6 Å². The van der Waals surface area contributed by atoms with Gasteiger partial charge in [0.15, 0.2) is 0 Å². The molecule has 10 N–H and O–H groups in total. The molecular formula is C6H22N6P2S2. The Morgan fingerprint density at radius 2 is 1.00 bits per heavy atom. The first-order valence-electron chi connectivity index (χ1n) is 5.05. The first kappa shape index (κ1) is 17.1. The van der Waals surface area contributed by atoms with Gasteiger partial charge in [0, 0.05) is 13.1 Å². The first-order chi connectivity index (χ1) is 7.21. The van der Waals surface area contributed by atoms with Crippen molar-refractivity contribution >= 4 is 36.6 Å². The Morgan fingerprint density at radius 3 is 1.25 bits per heavy atom. The molecule has 0 aliphatic rings. The van der Waals surface area contributed by atoms with E-state index in [0.29, 0.717) is 0 Å². The van der Waals surface area contributed by atoms with Gasteiger partial charge in [0.25, 0.3) is 0 Å². The quantitative estimate of drug-likeness (QED) is 0.260. The van der Waals surface area contributed by atoms with E-state index in [1.54, 1.807) is 0 Å². The zero-order chi connectivity index (χ0) is 12.7. The standard InChI is InChI=1S/C6H22N6P2S2/c7-13(8,15)11-5-3-1-2-4-6-12-14(9,10)16/h1-6H2,(H5,7,8,11,15)(H5,9,10,12,16). The summed E-state index contributed by atoms with van der Waals surface area (Å²) in [7, 11) is 0. The summed E-state index contributed by atoms with van der Waals surface area (Å²) in [6, 6.07) is 0. The highest BCUT2D eigenvalue weighted by atomic mass is 32.5. The third-order valence-electron chi connectivity index (χ3n) is 1.82. The van der Waals surface area contributed by atoms with Gasteiger partial charge >= 0.3 is 0 Å². The highest BCUT2D eigenvalue weighted by Crippen LogP contribution is 2.18. The Balaban J connectivity index is 3.23. The van der Waals surface area contributed by atoms with Crippen molar-refractivity contribution in [2.75, 3.05) is 13.1 Å². The Kier molecular flexibility index (Phi) is 8.76. The highest BCUT2D eigenvalue weighted by molar-refractivity contribution is 8.11. The molecule has 0 radical (unpaired) electrons. The third kappa shape index (κ3) is 15.1. The summed E-state index contributed by atoms with van der Waals surface area (Å²) in [5, 5.41) is 5.90. The molecule has 0 aromatic heterocycles. The summed E-state index contributed by atoms with van der Waals surface area (Å²) in [5.74, 6) is 0. The molecule has 0 aliphatic heterocycles. The van der Waals surface area contributed by atoms with Gasteiger partial charge in [-0.3, -0.25) is 32.2 Å². The minimum Gasteiger partial charge on any atom is -0.280 e. The van der Waals surface area contributed by atoms with Crippen LogP contribution in [0, 0.1) is 0 Å². The second-order valence-corrected chi connectivity index (χ2v) is 10.7. The van der Waals surface area contributed by atoms with Crippen LogP contribution in [0.15, 0.2) is 0 Å². The van der Waals surface area contributed by atoms with Crippen molar-refractivity contribution < 1.29 is 0 Å². The van der Waals surface area contributed by atoms with Gasteiger partial charge in [0.05, 0.1) is 0 Å². The number of hydrogen-bond acceptors (Lipinski definition) is 2. The third-order valence-corrected chi connectivity index (χ3v) is 4.03. The number of nitrogens with two attached hydrogens (primary N) is 4. The molecule has 10 heteroatoms. The molecule has 0 fully saturated rings. The van der Waals surface area contributed by atoms with Crippen LogP contribution in [0.1, 0.15) is 25.7 Å². The minimum absolute atomic E-state index is 0.781. The van der Waals surface area contributed by atoms with Gasteiger partial charge in [0.2, 0.25) is 0 Å². The van der Waals surface area contributed by atoms with Crippen LogP contribution >= 0.6 is 13.0 Å². The molecule has 0 aromatic rings. The fraction of sp³-hybridized carbons (Fsp3) is 1.00. The van der Waals surface area contributed by atoms with Gasteiger partial charge in [-0.05, 0) is 36.5 Å². The van der Waals surface area contributed by atoms with E-state index < -0.39 is 13.0 Å². The van der Waals surface area contributed by atoms with Crippen LogP contribution in [0.25, 0.3) is 0 Å². The largest absolute Gasteiger partial charge is 0.280 e. The number of rotatable bonds is 9. The predicted octanol–water partition coefficient (Wildman–Crippen LogP) is 0.00980. The van der Waals surface area contributed by atoms with E-state index in [1.807, 2.05) is 0 Å². The lowest BCUT2D eigenvalue weighted by Crippen LogP contribution is -2.23. The summed E-state index contributed by atoms with van der Waals surface area (Å²) < 4.78 is 0. The van der Waals surface area contributed by atoms with Gasteiger partial charge in [0.1, 0.15) is 13.0 Å². The van der Waals surface area contributed by atoms with Crippen LogP contribution in [-0.2, 0) is 23.6 Å². The summed E-state index contributed by atoms with van der Waals surface area (Å²) >= 11 is 9.71. The summed E-state index contributed by atoms with van der Waals surface area (Å²) in [6.45, 7) is -2.88. The average Bonchev–Trinajstić information content (AvgIpc) is 2.06. The molecule has 0 heterocycles. The maximum absolute atomic E-state index is 5.49. The molecule has 0 aromatic carbocycles. The fourth-order valence-corrected chi connectivity index (χ4v) is 2.67. The van der Waals surface area contributed by atoms with E-state index in [-0.39, 0.29) is 0 Å². The minimum atomic E-state index is -2.22. The molecule has 0 amide bonds. The highest BCUT2D eigenvalue weighted by Gasteiger charge is 2.01. The van der Waals surface area contributed by atoms with Crippen LogP contribution in [0.3, 0.4) is 0 Å². The van der Waals surface area contributed by atoms with Crippen molar-refractivity contribution in [1.82, 2.24) is 10.2 Å². The van der Waals surface area contributed by atoms with E-state index >= 15 is 0 Å². The van der Waals surface area contributed by atoms with Crippen LogP contribution < -0.4 is 32.2 Å². The smallest absolute Gasteiger partial charge is 0.132 e. The molecule has 0 unspecified atom stereocenters. The molecule has 16 heavy (non-hydrogen) atoms. The second kappa shape index (κ2) is 8.21. The summed E-state index contributed by atoms with van der Waals surface area (Å²) in [4.78, 5) is 0. The SMILES string of the molecule is NP(N)(=S)NCCCCCCNP(N)(N)=S. The molecule has 0 rings (SSSR count). The zero-order valence-corrected chi connectivity index (χ0v) is 12.7. The summed E-state index contributed by atoms with van der Waals surface area (Å²) in [6.07, 6.45) is 4.24. The Labute approximate surface area is 108 Å². The molecule has 0 atom stereocenters. The normalized spacial score (nSPS) is 13.0. The predicted molar refractivity (Wildman–Crippen MR) is 79.8 cm³/mol. The first-order valence-corrected chi connectivity index (χ1v) is 10.9. The number of hydrogen-bond donors (Lipinski definition) is 6. The van der Waals surface area contributed by atoms with Crippen LogP contribution in [0.5, 0.6) is 0 Å². The lowest BCUT2D eigenvalue weighted by Gasteiger charge is -2.13. The molecule has 98 valence electrons. The summed E-state index contributed by atoms with van der Waals surface area (Å²) in [5.41, 5.74) is 22.0. The topological polar surface area (TPSA) is 128 Å². The van der Waals surface area contributed by atoms with Gasteiger partial charge in [-0.25, -0.2) is 0 Å². The van der Waals surface area contributed by atoms with Crippen molar-refractivity contribution in [3.05, 3.63) is 0 Å². The molecule has 0 aliphatic carbocycles. The van der Waals surface area contributed by atoms with E-state index in [9.17, 15) is 0 Å². The second-order valence-electron chi connectivity index (χ2n) is 3.65. The Bertz CT molecular complexity index is 246. The van der Waals surface area contributed by atoms with Crippen LogP contribution in [0.2, 0.25) is 0 Å². The molecule has 0 spiro atoms. The maximum atomic E-state index is 5.49. The zero-order valence-electron chi connectivity index (χ0n) is 9.26. The van der Waals surface area contributed by atoms with Crippen molar-refractivity contribution in [2.45, 2.75) is 25.7 Å². The van der Waals surface area contributed by atoms with Crippen LogP contribution in [-0.4, -0.2) is 13.1 Å². The van der Waals surface area contributed by atoms with Gasteiger partial charge in [-0.2, -0.15) is 0 Å². The van der Waals surface area contributed by atoms with Gasteiger partial charge < -0.3 is 0 Å². The maximum Gasteiger partial charge on any atom is 0.132 e. The Hall–Kier alpha value is 1.06. The number of unbranched alkanes of at least 4 members (excludes halogenated alkanes) is 3.